The third kappa shape index (κ3) is 5.33. The fourth-order valence-electron chi connectivity index (χ4n) is 0.640. The van der Waals surface area contributed by atoms with Crippen molar-refractivity contribution < 1.29 is 0 Å². The maximum atomic E-state index is 6.79. The molecule has 1 heteroatoms. The molecule has 10 heavy (non-hydrogen) atoms. The lowest BCUT2D eigenvalue weighted by Gasteiger charge is -1.92. The third-order valence-electron chi connectivity index (χ3n) is 1.29. The van der Waals surface area contributed by atoms with Crippen molar-refractivity contribution in [1.82, 2.24) is 0 Å². The van der Waals surface area contributed by atoms with Crippen molar-refractivity contribution in [2.75, 3.05) is 0 Å². The van der Waals surface area contributed by atoms with Crippen LogP contribution in [0.3, 0.4) is 0 Å². The van der Waals surface area contributed by atoms with Gasteiger partial charge < -0.3 is 0 Å². The quantitative estimate of drug-likeness (QED) is 0.457. The molecular formula is C9H15N. The highest BCUT2D eigenvalue weighted by Gasteiger charge is 1.85. The van der Waals surface area contributed by atoms with E-state index in [1.807, 2.05) is 6.92 Å². The molecule has 0 spiro atoms. The Morgan fingerprint density at radius 2 is 2.00 bits per heavy atom. The topological polar surface area (TPSA) is 23.9 Å². The van der Waals surface area contributed by atoms with Crippen LogP contribution in [-0.4, -0.2) is 5.87 Å². The van der Waals surface area contributed by atoms with E-state index in [1.54, 1.807) is 0 Å². The third-order valence-corrected chi connectivity index (χ3v) is 1.29. The Bertz CT molecular complexity index is 167. The molecule has 0 aromatic carbocycles. The van der Waals surface area contributed by atoms with Gasteiger partial charge in [-0.3, -0.25) is 5.41 Å². The van der Waals surface area contributed by atoms with E-state index in [4.69, 9.17) is 5.41 Å². The molecule has 0 aliphatic rings. The van der Waals surface area contributed by atoms with Gasteiger partial charge in [0.25, 0.3) is 0 Å². The first-order valence-electron chi connectivity index (χ1n) is 3.55. The van der Waals surface area contributed by atoms with Gasteiger partial charge in [-0.15, -0.1) is 0 Å². The lowest BCUT2D eigenvalue weighted by molar-refractivity contribution is 0.979. The van der Waals surface area contributed by atoms with Crippen molar-refractivity contribution in [3.05, 3.63) is 17.2 Å². The highest BCUT2D eigenvalue weighted by molar-refractivity contribution is 5.53. The van der Waals surface area contributed by atoms with Crippen LogP contribution in [0.5, 0.6) is 0 Å². The Labute approximate surface area is 63.0 Å². The van der Waals surface area contributed by atoms with Crippen LogP contribution in [0.2, 0.25) is 0 Å². The molecular weight excluding hydrogens is 122 g/mol. The molecule has 0 atom stereocenters. The largest absolute Gasteiger partial charge is 0.259 e. The van der Waals surface area contributed by atoms with Gasteiger partial charge in [0.05, 0.1) is 0 Å². The first-order valence-corrected chi connectivity index (χ1v) is 3.55. The van der Waals surface area contributed by atoms with Gasteiger partial charge in [0, 0.05) is 0 Å². The molecule has 0 aromatic heterocycles. The van der Waals surface area contributed by atoms with Crippen molar-refractivity contribution in [1.29, 1.82) is 5.41 Å². The van der Waals surface area contributed by atoms with Crippen LogP contribution in [0.25, 0.3) is 0 Å². The molecule has 0 fully saturated rings. The second-order valence-corrected chi connectivity index (χ2v) is 2.73. The predicted octanol–water partition coefficient (Wildman–Crippen LogP) is 2.93. The van der Waals surface area contributed by atoms with Crippen LogP contribution in [-0.2, 0) is 0 Å². The molecule has 0 amide bonds. The Hall–Kier alpha value is -0.810. The van der Waals surface area contributed by atoms with Crippen LogP contribution in [0.1, 0.15) is 33.6 Å². The Kier molecular flexibility index (Phi) is 4.61. The SMILES string of the molecule is CC(=C=N)CCC=C(C)C. The monoisotopic (exact) mass is 137 g/mol. The summed E-state index contributed by atoms with van der Waals surface area (Å²) < 4.78 is 0. The maximum Gasteiger partial charge on any atom is -0.0122 e. The van der Waals surface area contributed by atoms with Gasteiger partial charge in [-0.2, -0.15) is 0 Å². The molecule has 0 bridgehead atoms. The number of hydrogen-bond acceptors (Lipinski definition) is 1. The summed E-state index contributed by atoms with van der Waals surface area (Å²) in [5.41, 5.74) is 2.37. The van der Waals surface area contributed by atoms with Crippen molar-refractivity contribution in [2.45, 2.75) is 33.6 Å². The standard InChI is InChI=1S/C9H15N/c1-8(2)5-4-6-9(3)7-10/h5,10H,4,6H2,1-3H3. The first-order chi connectivity index (χ1) is 4.66. The smallest absolute Gasteiger partial charge is 0.0122 e. The van der Waals surface area contributed by atoms with Crippen LogP contribution < -0.4 is 0 Å². The zero-order chi connectivity index (χ0) is 7.98. The van der Waals surface area contributed by atoms with Crippen LogP contribution in [0, 0.1) is 5.41 Å². The van der Waals surface area contributed by atoms with E-state index in [2.05, 4.69) is 25.8 Å². The Morgan fingerprint density at radius 1 is 1.40 bits per heavy atom. The first kappa shape index (κ1) is 9.19. The average Bonchev–Trinajstić information content (AvgIpc) is 1.87. The van der Waals surface area contributed by atoms with Gasteiger partial charge in [0.1, 0.15) is 0 Å². The van der Waals surface area contributed by atoms with Gasteiger partial charge in [-0.05, 0) is 45.1 Å². The van der Waals surface area contributed by atoms with Crippen LogP contribution >= 0.6 is 0 Å². The summed E-state index contributed by atoms with van der Waals surface area (Å²) >= 11 is 0. The minimum Gasteiger partial charge on any atom is -0.259 e. The number of hydrogen-bond donors (Lipinski definition) is 1. The maximum absolute atomic E-state index is 6.79. The van der Waals surface area contributed by atoms with Gasteiger partial charge in [-0.25, -0.2) is 0 Å². The normalized spacial score (nSPS) is 8.30. The highest BCUT2D eigenvalue weighted by atomic mass is 14.3. The zero-order valence-electron chi connectivity index (χ0n) is 6.99. The summed E-state index contributed by atoms with van der Waals surface area (Å²) in [4.78, 5) is 0. The van der Waals surface area contributed by atoms with Gasteiger partial charge >= 0.3 is 0 Å². The number of rotatable bonds is 3. The minimum atomic E-state index is 0.967. The van der Waals surface area contributed by atoms with Crippen LogP contribution in [0.4, 0.5) is 0 Å². The average molecular weight is 137 g/mol. The molecule has 1 nitrogen and oxygen atoms in total. The molecule has 0 radical (unpaired) electrons. The van der Waals surface area contributed by atoms with E-state index in [9.17, 15) is 0 Å². The second kappa shape index (κ2) is 5.01. The minimum absolute atomic E-state index is 0.967. The van der Waals surface area contributed by atoms with Crippen molar-refractivity contribution in [3.8, 4) is 0 Å². The zero-order valence-corrected chi connectivity index (χ0v) is 6.99. The fraction of sp³-hybridized carbons (Fsp3) is 0.556. The number of nitrogens with one attached hydrogen (secondary N) is 1. The van der Waals surface area contributed by atoms with E-state index in [0.29, 0.717) is 0 Å². The molecule has 0 aromatic rings. The fourth-order valence-corrected chi connectivity index (χ4v) is 0.640. The lowest BCUT2D eigenvalue weighted by Crippen LogP contribution is -1.76. The second-order valence-electron chi connectivity index (χ2n) is 2.73. The summed E-state index contributed by atoms with van der Waals surface area (Å²) in [7, 11) is 0. The van der Waals surface area contributed by atoms with Gasteiger partial charge in [-0.1, -0.05) is 11.6 Å². The molecule has 0 rings (SSSR count). The molecule has 0 saturated carbocycles. The molecule has 0 saturated heterocycles. The predicted molar refractivity (Wildman–Crippen MR) is 45.6 cm³/mol. The van der Waals surface area contributed by atoms with E-state index in [-0.39, 0.29) is 0 Å². The molecule has 0 aliphatic heterocycles. The summed E-state index contributed by atoms with van der Waals surface area (Å²) in [5, 5.41) is 6.79. The molecule has 0 unspecified atom stereocenters. The van der Waals surface area contributed by atoms with E-state index in [1.165, 1.54) is 5.57 Å². The van der Waals surface area contributed by atoms with E-state index >= 15 is 0 Å². The van der Waals surface area contributed by atoms with Gasteiger partial charge in [0.15, 0.2) is 0 Å². The molecule has 56 valence electrons. The Balaban J connectivity index is 3.57. The summed E-state index contributed by atoms with van der Waals surface area (Å²) in [6.45, 7) is 6.11. The highest BCUT2D eigenvalue weighted by Crippen LogP contribution is 2.02. The van der Waals surface area contributed by atoms with Crippen molar-refractivity contribution >= 4 is 5.87 Å². The van der Waals surface area contributed by atoms with Crippen molar-refractivity contribution in [2.24, 2.45) is 0 Å². The van der Waals surface area contributed by atoms with Gasteiger partial charge in [0.2, 0.25) is 0 Å². The van der Waals surface area contributed by atoms with Crippen LogP contribution in [0.15, 0.2) is 17.2 Å². The Morgan fingerprint density at radius 3 is 2.40 bits per heavy atom. The summed E-state index contributed by atoms with van der Waals surface area (Å²) in [5.74, 6) is 2.38. The summed E-state index contributed by atoms with van der Waals surface area (Å²) in [6, 6.07) is 0. The molecule has 0 aliphatic carbocycles. The summed E-state index contributed by atoms with van der Waals surface area (Å²) in [6.07, 6.45) is 4.19. The van der Waals surface area contributed by atoms with Crippen molar-refractivity contribution in [3.63, 3.8) is 0 Å². The van der Waals surface area contributed by atoms with E-state index in [0.717, 1.165) is 18.4 Å². The molecule has 1 N–H and O–H groups in total. The van der Waals surface area contributed by atoms with E-state index < -0.39 is 0 Å². The number of allylic oxidation sites excluding steroid dienone is 3. The molecule has 0 heterocycles. The lowest BCUT2D eigenvalue weighted by atomic mass is 10.1.